The molecule has 0 amide bonds. The number of rotatable bonds is 8. The summed E-state index contributed by atoms with van der Waals surface area (Å²) >= 11 is 0. The molecule has 0 aliphatic heterocycles. The number of nitrogen functional groups attached to an aromatic ring is 1. The van der Waals surface area contributed by atoms with Crippen molar-refractivity contribution in [2.45, 2.75) is 77.6 Å². The number of aliphatic carboxylic acids is 1. The molecule has 2 aliphatic carbocycles. The Morgan fingerprint density at radius 2 is 1.83 bits per heavy atom. The zero-order valence-corrected chi connectivity index (χ0v) is 27.9. The minimum atomic E-state index is -1.01. The normalized spacial score (nSPS) is 22.2. The van der Waals surface area contributed by atoms with Gasteiger partial charge in [-0.15, -0.1) is 0 Å². The average Bonchev–Trinajstić information content (AvgIpc) is 3.49. The summed E-state index contributed by atoms with van der Waals surface area (Å²) in [6.07, 6.45) is 6.85. The van der Waals surface area contributed by atoms with Crippen LogP contribution in [0.25, 0.3) is 33.5 Å². The maximum absolute atomic E-state index is 11.1. The van der Waals surface area contributed by atoms with E-state index >= 15 is 0 Å². The van der Waals surface area contributed by atoms with Crippen LogP contribution in [0.4, 0.5) is 5.69 Å². The van der Waals surface area contributed by atoms with E-state index < -0.39 is 5.97 Å². The first-order valence-electron chi connectivity index (χ1n) is 17.0. The van der Waals surface area contributed by atoms with Crippen molar-refractivity contribution >= 4 is 22.7 Å². The number of aromatic nitrogens is 2. The monoisotopic (exact) mass is 627 g/mol. The molecule has 6 heteroatoms. The molecule has 0 saturated heterocycles. The number of hydrogen-bond acceptors (Lipinski definition) is 4. The highest BCUT2D eigenvalue weighted by atomic mass is 16.5. The second kappa shape index (κ2) is 11.9. The third kappa shape index (κ3) is 5.68. The lowest BCUT2D eigenvalue weighted by Gasteiger charge is -2.56. The van der Waals surface area contributed by atoms with Crippen LogP contribution >= 0.6 is 0 Å². The zero-order chi connectivity index (χ0) is 32.9. The summed E-state index contributed by atoms with van der Waals surface area (Å²) in [4.78, 5) is 19.9. The van der Waals surface area contributed by atoms with E-state index in [0.29, 0.717) is 17.6 Å². The van der Waals surface area contributed by atoms with Crippen LogP contribution < -0.4 is 10.5 Å². The summed E-state index contributed by atoms with van der Waals surface area (Å²) in [6.45, 7) is 9.25. The Morgan fingerprint density at radius 3 is 2.62 bits per heavy atom. The van der Waals surface area contributed by atoms with E-state index in [-0.39, 0.29) is 17.4 Å². The van der Waals surface area contributed by atoms with Gasteiger partial charge in [0.2, 0.25) is 0 Å². The lowest BCUT2D eigenvalue weighted by molar-refractivity contribution is -0.139. The molecule has 6 nitrogen and oxygen atoms in total. The molecule has 242 valence electrons. The largest absolute Gasteiger partial charge is 0.482 e. The first kappa shape index (κ1) is 31.0. The van der Waals surface area contributed by atoms with E-state index in [4.69, 9.17) is 20.6 Å². The number of imidazole rings is 1. The quantitative estimate of drug-likeness (QED) is 0.149. The minimum absolute atomic E-state index is 0.0778. The van der Waals surface area contributed by atoms with Gasteiger partial charge in [0.1, 0.15) is 11.6 Å². The Hall–Kier alpha value is -4.58. The highest BCUT2D eigenvalue weighted by Crippen LogP contribution is 2.59. The third-order valence-corrected chi connectivity index (χ3v) is 11.2. The van der Waals surface area contributed by atoms with Crippen LogP contribution in [0.15, 0.2) is 78.9 Å². The van der Waals surface area contributed by atoms with Gasteiger partial charge >= 0.3 is 5.97 Å². The Balaban J connectivity index is 1.32. The van der Waals surface area contributed by atoms with Crippen molar-refractivity contribution in [3.8, 4) is 28.3 Å². The van der Waals surface area contributed by atoms with E-state index in [0.717, 1.165) is 46.5 Å². The number of anilines is 1. The van der Waals surface area contributed by atoms with E-state index in [1.54, 1.807) is 17.2 Å². The molecule has 0 unspecified atom stereocenters. The number of carbonyl (C=O) groups is 1. The molecular weight excluding hydrogens is 582 g/mol. The van der Waals surface area contributed by atoms with E-state index in [9.17, 15) is 4.79 Å². The van der Waals surface area contributed by atoms with Crippen LogP contribution in [0, 0.1) is 11.3 Å². The summed E-state index contributed by atoms with van der Waals surface area (Å²) in [7, 11) is 0. The van der Waals surface area contributed by atoms with Gasteiger partial charge in [0, 0.05) is 11.3 Å². The van der Waals surface area contributed by atoms with Gasteiger partial charge in [0.05, 0.1) is 11.0 Å². The van der Waals surface area contributed by atoms with Crippen LogP contribution in [-0.4, -0.2) is 27.7 Å². The number of aryl methyl sites for hydroxylation is 1. The lowest BCUT2D eigenvalue weighted by Crippen LogP contribution is -2.50. The topological polar surface area (TPSA) is 101 Å². The molecule has 0 bridgehead atoms. The summed E-state index contributed by atoms with van der Waals surface area (Å²) < 4.78 is 5.48. The number of carboxylic acids is 1. The van der Waals surface area contributed by atoms with Crippen LogP contribution in [0.3, 0.4) is 0 Å². The highest BCUT2D eigenvalue weighted by molar-refractivity contribution is 5.89. The molecule has 4 N–H and O–H groups in total. The summed E-state index contributed by atoms with van der Waals surface area (Å²) in [5.74, 6) is 1.31. The van der Waals surface area contributed by atoms with E-state index in [1.807, 2.05) is 30.3 Å². The molecule has 1 fully saturated rings. The fraction of sp³-hybridized carbons (Fsp3) is 0.366. The van der Waals surface area contributed by atoms with Crippen molar-refractivity contribution in [2.24, 2.45) is 11.3 Å². The molecular formula is C41H45N3O3. The molecule has 0 radical (unpaired) electrons. The third-order valence-electron chi connectivity index (χ3n) is 11.2. The van der Waals surface area contributed by atoms with Gasteiger partial charge in [0.15, 0.2) is 6.61 Å². The van der Waals surface area contributed by atoms with Crippen LogP contribution in [0.1, 0.15) is 81.5 Å². The van der Waals surface area contributed by atoms with E-state index in [2.05, 4.69) is 75.1 Å². The first-order chi connectivity index (χ1) is 22.5. The van der Waals surface area contributed by atoms with Crippen molar-refractivity contribution in [1.82, 2.24) is 9.97 Å². The zero-order valence-electron chi connectivity index (χ0n) is 27.9. The second-order valence-electron chi connectivity index (χ2n) is 14.7. The predicted octanol–water partition coefficient (Wildman–Crippen LogP) is 9.32. The molecule has 5 aromatic rings. The summed E-state index contributed by atoms with van der Waals surface area (Å²) in [5.41, 5.74) is 18.2. The standard InChI is InChI=1S/C41H45N3O3/c1-25(2)26-12-15-34-28(20-26)13-17-36-40(3,18-7-19-41(34,36)4)23-33-32(27-8-5-10-30(42)21-27)14-16-35-38(33)44-39(43-35)29-9-6-11-31(22-29)47-24-37(45)46/h5-6,8-12,14-16,20-22,25,36H,7,13,17-19,23-24,42H2,1-4H3,(H,43,44)(H,45,46)/t36-,40+,41+/m0/s1. The van der Waals surface area contributed by atoms with Gasteiger partial charge in [-0.3, -0.25) is 0 Å². The molecule has 1 heterocycles. The number of fused-ring (bicyclic) bond motifs is 4. The van der Waals surface area contributed by atoms with Crippen molar-refractivity contribution in [3.63, 3.8) is 0 Å². The molecule has 7 rings (SSSR count). The number of carboxylic acid groups (broad SMARTS) is 1. The summed E-state index contributed by atoms with van der Waals surface area (Å²) in [6, 6.07) is 27.3. The molecule has 1 saturated carbocycles. The number of aromatic amines is 1. The van der Waals surface area contributed by atoms with Crippen LogP contribution in [0.2, 0.25) is 0 Å². The molecule has 47 heavy (non-hydrogen) atoms. The van der Waals surface area contributed by atoms with Crippen LogP contribution in [0.5, 0.6) is 5.75 Å². The minimum Gasteiger partial charge on any atom is -0.482 e. The van der Waals surface area contributed by atoms with Crippen molar-refractivity contribution in [1.29, 1.82) is 0 Å². The number of hydrogen-bond donors (Lipinski definition) is 3. The highest BCUT2D eigenvalue weighted by Gasteiger charge is 2.51. The Bertz CT molecular complexity index is 1980. The van der Waals surface area contributed by atoms with Gasteiger partial charge in [-0.2, -0.15) is 0 Å². The first-order valence-corrected chi connectivity index (χ1v) is 17.0. The maximum atomic E-state index is 11.1. The lowest BCUT2D eigenvalue weighted by atomic mass is 9.48. The molecule has 2 aliphatic rings. The van der Waals surface area contributed by atoms with Crippen molar-refractivity contribution < 1.29 is 14.6 Å². The van der Waals surface area contributed by atoms with E-state index in [1.165, 1.54) is 42.4 Å². The predicted molar refractivity (Wildman–Crippen MR) is 190 cm³/mol. The Labute approximate surface area is 277 Å². The van der Waals surface area contributed by atoms with Gasteiger partial charge in [0.25, 0.3) is 0 Å². The van der Waals surface area contributed by atoms with Crippen molar-refractivity contribution in [3.05, 3.63) is 101 Å². The van der Waals surface area contributed by atoms with Crippen molar-refractivity contribution in [2.75, 3.05) is 12.3 Å². The summed E-state index contributed by atoms with van der Waals surface area (Å²) in [5, 5.41) is 9.10. The van der Waals surface area contributed by atoms with Gasteiger partial charge in [-0.05, 0) is 118 Å². The maximum Gasteiger partial charge on any atom is 0.341 e. The SMILES string of the molecule is CC(C)c1ccc2c(c1)CC[C@H]1[C@@](C)(Cc3c(-c4cccc(N)c4)ccc4[nH]c(-c5cccc(OCC(=O)O)c5)nc34)CCC[C@]21C. The fourth-order valence-corrected chi connectivity index (χ4v) is 8.92. The number of ether oxygens (including phenoxy) is 1. The average molecular weight is 628 g/mol. The number of nitrogens with two attached hydrogens (primary N) is 1. The van der Waals surface area contributed by atoms with Gasteiger partial charge < -0.3 is 20.6 Å². The van der Waals surface area contributed by atoms with Crippen LogP contribution in [-0.2, 0) is 23.1 Å². The van der Waals surface area contributed by atoms with Gasteiger partial charge in [-0.1, -0.05) is 82.6 Å². The second-order valence-corrected chi connectivity index (χ2v) is 14.7. The molecule has 0 spiro atoms. The Kier molecular flexibility index (Phi) is 7.86. The number of nitrogens with one attached hydrogen (secondary N) is 1. The number of H-pyrrole nitrogens is 1. The Morgan fingerprint density at radius 1 is 1.02 bits per heavy atom. The van der Waals surface area contributed by atoms with Gasteiger partial charge in [-0.25, -0.2) is 9.78 Å². The number of benzene rings is 4. The molecule has 4 aromatic carbocycles. The molecule has 3 atom stereocenters. The smallest absolute Gasteiger partial charge is 0.341 e. The fourth-order valence-electron chi connectivity index (χ4n) is 8.92. The molecule has 1 aromatic heterocycles. The number of nitrogens with zero attached hydrogens (tertiary/aromatic N) is 1.